The summed E-state index contributed by atoms with van der Waals surface area (Å²) in [4.78, 5) is 17.4. The predicted molar refractivity (Wildman–Crippen MR) is 65.7 cm³/mol. The molecule has 1 aromatic heterocycles. The zero-order valence-electron chi connectivity index (χ0n) is 10.4. The minimum atomic E-state index is -2.16. The van der Waals surface area contributed by atoms with Gasteiger partial charge in [0.15, 0.2) is 17.8 Å². The molecule has 0 aliphatic carbocycles. The van der Waals surface area contributed by atoms with Crippen molar-refractivity contribution < 1.29 is 25.2 Å². The predicted octanol–water partition coefficient (Wildman–Crippen LogP) is -2.22. The largest absolute Gasteiger partial charge is 0.503 e. The number of ether oxygens (including phenoxy) is 1. The van der Waals surface area contributed by atoms with Crippen LogP contribution in [-0.2, 0) is 4.74 Å². The average molecular weight is 300 g/mol. The molecule has 1 aliphatic heterocycles. The summed E-state index contributed by atoms with van der Waals surface area (Å²) in [5.74, 6) is -0.974. The van der Waals surface area contributed by atoms with E-state index in [1.807, 2.05) is 0 Å². The van der Waals surface area contributed by atoms with Crippen LogP contribution in [0.25, 0.3) is 10.4 Å². The summed E-state index contributed by atoms with van der Waals surface area (Å²) in [6, 6.07) is 0. The van der Waals surface area contributed by atoms with E-state index in [1.54, 1.807) is 0 Å². The van der Waals surface area contributed by atoms with Gasteiger partial charge in [-0.3, -0.25) is 4.57 Å². The van der Waals surface area contributed by atoms with Gasteiger partial charge in [0.25, 0.3) is 0 Å². The van der Waals surface area contributed by atoms with E-state index >= 15 is 0 Å². The molecule has 6 N–H and O–H groups in total. The van der Waals surface area contributed by atoms with E-state index in [-0.39, 0.29) is 0 Å². The molecule has 1 aliphatic rings. The summed E-state index contributed by atoms with van der Waals surface area (Å²) in [6.45, 7) is -0.936. The maximum Gasteiger partial charge on any atom is 0.351 e. The van der Waals surface area contributed by atoms with Crippen LogP contribution in [0.3, 0.4) is 0 Å². The number of aliphatic hydroxyl groups excluding tert-OH is 3. The lowest BCUT2D eigenvalue weighted by atomic mass is 10.1. The summed E-state index contributed by atoms with van der Waals surface area (Å²) in [6.07, 6.45) is -4.21. The second kappa shape index (κ2) is 5.20. The van der Waals surface area contributed by atoms with Crippen LogP contribution in [-0.4, -0.2) is 54.5 Å². The van der Waals surface area contributed by atoms with E-state index in [0.717, 1.165) is 6.20 Å². The lowest BCUT2D eigenvalue weighted by molar-refractivity contribution is -0.125. The molecule has 21 heavy (non-hydrogen) atoms. The number of nitrogens with two attached hydrogens (primary N) is 1. The van der Waals surface area contributed by atoms with E-state index in [2.05, 4.69) is 15.0 Å². The molecule has 12 heteroatoms. The van der Waals surface area contributed by atoms with E-state index < -0.39 is 48.0 Å². The first-order valence-electron chi connectivity index (χ1n) is 5.65. The minimum absolute atomic E-state index is 0.423. The minimum Gasteiger partial charge on any atom is -0.503 e. The number of nitrogens with zero attached hydrogens (tertiary/aromatic N) is 5. The highest BCUT2D eigenvalue weighted by molar-refractivity contribution is 5.41. The Bertz CT molecular complexity index is 657. The standard InChI is InChI=1S/C9H12N6O6/c10-6-3(17)1-15(8(20)12-6)7-4(18)5(19)9(2-16,21-7)13-14-11/h1,4-5,7,16-19H,2H2,(H2,10,12,20)/t4-,5+,7-,9-/m1/s1. The van der Waals surface area contributed by atoms with E-state index in [4.69, 9.17) is 16.0 Å². The van der Waals surface area contributed by atoms with Gasteiger partial charge < -0.3 is 30.9 Å². The van der Waals surface area contributed by atoms with Gasteiger partial charge in [0.2, 0.25) is 5.72 Å². The summed E-state index contributed by atoms with van der Waals surface area (Å²) >= 11 is 0. The van der Waals surface area contributed by atoms with Crippen molar-refractivity contribution in [2.24, 2.45) is 5.11 Å². The first-order chi connectivity index (χ1) is 9.86. The van der Waals surface area contributed by atoms with Crippen LogP contribution in [0.15, 0.2) is 16.1 Å². The maximum absolute atomic E-state index is 11.7. The lowest BCUT2D eigenvalue weighted by Gasteiger charge is -2.23. The molecule has 1 aromatic rings. The second-order valence-corrected chi connectivity index (χ2v) is 4.34. The van der Waals surface area contributed by atoms with Gasteiger partial charge in [-0.1, -0.05) is 5.11 Å². The normalized spacial score (nSPS) is 31.9. The Morgan fingerprint density at radius 2 is 2.29 bits per heavy atom. The number of hydrogen-bond donors (Lipinski definition) is 5. The first kappa shape index (κ1) is 15.0. The van der Waals surface area contributed by atoms with Gasteiger partial charge in [0, 0.05) is 4.91 Å². The monoisotopic (exact) mass is 300 g/mol. The van der Waals surface area contributed by atoms with Gasteiger partial charge in [-0.05, 0) is 5.53 Å². The van der Waals surface area contributed by atoms with Crippen molar-refractivity contribution in [2.75, 3.05) is 12.3 Å². The third-order valence-electron chi connectivity index (χ3n) is 3.08. The summed E-state index contributed by atoms with van der Waals surface area (Å²) < 4.78 is 5.78. The smallest absolute Gasteiger partial charge is 0.351 e. The number of aromatic nitrogens is 2. The molecule has 0 bridgehead atoms. The molecule has 1 fully saturated rings. The fourth-order valence-corrected chi connectivity index (χ4v) is 1.97. The Morgan fingerprint density at radius 3 is 2.86 bits per heavy atom. The number of nitrogen functional groups attached to an aromatic ring is 1. The maximum atomic E-state index is 11.7. The zero-order valence-corrected chi connectivity index (χ0v) is 10.4. The lowest BCUT2D eigenvalue weighted by Crippen LogP contribution is -2.44. The molecule has 114 valence electrons. The van der Waals surface area contributed by atoms with Crippen LogP contribution in [0, 0.1) is 0 Å². The van der Waals surface area contributed by atoms with E-state index in [9.17, 15) is 25.2 Å². The molecule has 2 heterocycles. The number of anilines is 1. The molecule has 0 radical (unpaired) electrons. The Balaban J connectivity index is 2.50. The molecule has 0 saturated carbocycles. The Kier molecular flexibility index (Phi) is 3.72. The van der Waals surface area contributed by atoms with Crippen LogP contribution < -0.4 is 11.4 Å². The van der Waals surface area contributed by atoms with Gasteiger partial charge in [-0.25, -0.2) is 4.79 Å². The van der Waals surface area contributed by atoms with Crippen molar-refractivity contribution in [1.29, 1.82) is 0 Å². The number of hydrogen-bond acceptors (Lipinski definition) is 9. The highest BCUT2D eigenvalue weighted by Crippen LogP contribution is 2.38. The summed E-state index contributed by atoms with van der Waals surface area (Å²) in [7, 11) is 0. The van der Waals surface area contributed by atoms with Crippen LogP contribution >= 0.6 is 0 Å². The van der Waals surface area contributed by atoms with E-state index in [0.29, 0.717) is 4.57 Å². The fraction of sp³-hybridized carbons (Fsp3) is 0.556. The molecule has 1 saturated heterocycles. The molecule has 12 nitrogen and oxygen atoms in total. The van der Waals surface area contributed by atoms with Crippen LogP contribution in [0.5, 0.6) is 5.75 Å². The summed E-state index contributed by atoms with van der Waals surface area (Å²) in [5, 5.41) is 41.6. The molecular weight excluding hydrogens is 288 g/mol. The van der Waals surface area contributed by atoms with Gasteiger partial charge in [0.1, 0.15) is 12.2 Å². The number of rotatable bonds is 3. The van der Waals surface area contributed by atoms with Crippen molar-refractivity contribution in [3.8, 4) is 5.75 Å². The van der Waals surface area contributed by atoms with Gasteiger partial charge >= 0.3 is 5.69 Å². The molecule has 0 aromatic carbocycles. The first-order valence-corrected chi connectivity index (χ1v) is 5.65. The molecule has 2 rings (SSSR count). The van der Waals surface area contributed by atoms with Gasteiger partial charge in [0.05, 0.1) is 12.8 Å². The van der Waals surface area contributed by atoms with Crippen LogP contribution in [0.1, 0.15) is 6.23 Å². The van der Waals surface area contributed by atoms with Crippen molar-refractivity contribution in [3.63, 3.8) is 0 Å². The van der Waals surface area contributed by atoms with Crippen LogP contribution in [0.4, 0.5) is 5.82 Å². The highest BCUT2D eigenvalue weighted by atomic mass is 16.6. The summed E-state index contributed by atoms with van der Waals surface area (Å²) in [5.41, 5.74) is 10.6. The average Bonchev–Trinajstić information content (AvgIpc) is 2.69. The highest BCUT2D eigenvalue weighted by Gasteiger charge is 2.55. The van der Waals surface area contributed by atoms with Crippen molar-refractivity contribution in [3.05, 3.63) is 27.1 Å². The Labute approximate surface area is 116 Å². The molecular formula is C9H12N6O6. The van der Waals surface area contributed by atoms with Crippen molar-refractivity contribution in [1.82, 2.24) is 9.55 Å². The SMILES string of the molecule is [N-]=[N+]=N[C@]1(CO)O[C@@H](n2cc(O)c(N)nc2=O)[C@H](O)[C@@H]1O. The quantitative estimate of drug-likeness (QED) is 0.234. The zero-order chi connectivity index (χ0) is 15.8. The number of azide groups is 1. The Morgan fingerprint density at radius 1 is 1.62 bits per heavy atom. The van der Waals surface area contributed by atoms with Gasteiger partial charge in [-0.2, -0.15) is 4.98 Å². The number of aromatic hydroxyl groups is 1. The molecule has 4 atom stereocenters. The molecule has 0 spiro atoms. The third-order valence-corrected chi connectivity index (χ3v) is 3.08. The number of aliphatic hydroxyl groups is 3. The van der Waals surface area contributed by atoms with Crippen LogP contribution in [0.2, 0.25) is 0 Å². The second-order valence-electron chi connectivity index (χ2n) is 4.34. The Hall–Kier alpha value is -2.37. The molecule has 0 unspecified atom stereocenters. The fourth-order valence-electron chi connectivity index (χ4n) is 1.97. The molecule has 0 amide bonds. The van der Waals surface area contributed by atoms with Crippen molar-refractivity contribution in [2.45, 2.75) is 24.2 Å². The van der Waals surface area contributed by atoms with Crippen molar-refractivity contribution >= 4 is 5.82 Å². The third kappa shape index (κ3) is 2.26. The van der Waals surface area contributed by atoms with Gasteiger partial charge in [-0.15, -0.1) is 0 Å². The topological polar surface area (TPSA) is 200 Å². The van der Waals surface area contributed by atoms with E-state index in [1.165, 1.54) is 0 Å².